The van der Waals surface area contributed by atoms with Crippen molar-refractivity contribution in [3.63, 3.8) is 0 Å². The monoisotopic (exact) mass is 314 g/mol. The molecule has 2 aromatic carbocycles. The third kappa shape index (κ3) is 4.31. The highest BCUT2D eigenvalue weighted by Gasteiger charge is 2.19. The molecule has 0 bridgehead atoms. The van der Waals surface area contributed by atoms with Crippen molar-refractivity contribution in [2.75, 3.05) is 14.2 Å². The van der Waals surface area contributed by atoms with Gasteiger partial charge in [0, 0.05) is 12.7 Å². The number of nitrogens with one attached hydrogen (secondary N) is 1. The van der Waals surface area contributed by atoms with Crippen LogP contribution in [0.1, 0.15) is 17.2 Å². The number of carbonyl (C=O) groups is 1. The fraction of sp³-hybridized carbons (Fsp3) is 0.176. The van der Waals surface area contributed by atoms with Gasteiger partial charge >= 0.3 is 0 Å². The second-order valence-electron chi connectivity index (χ2n) is 4.69. The number of rotatable bonds is 6. The van der Waals surface area contributed by atoms with Crippen molar-refractivity contribution < 1.29 is 19.4 Å². The van der Waals surface area contributed by atoms with E-state index < -0.39 is 12.0 Å². The minimum Gasteiger partial charge on any atom is -0.507 e. The molecule has 0 aliphatic heterocycles. The fourth-order valence-electron chi connectivity index (χ4n) is 2.01. The molecule has 0 aliphatic carbocycles. The zero-order chi connectivity index (χ0) is 16.7. The van der Waals surface area contributed by atoms with Crippen LogP contribution < -0.4 is 10.2 Å². The fourth-order valence-corrected chi connectivity index (χ4v) is 2.01. The zero-order valence-electron chi connectivity index (χ0n) is 12.9. The Balaban J connectivity index is 2.06. The topological polar surface area (TPSA) is 80.2 Å². The lowest BCUT2D eigenvalue weighted by Gasteiger charge is -2.13. The number of hydrogen-bond donors (Lipinski definition) is 2. The maximum atomic E-state index is 12.1. The number of ether oxygens (including phenoxy) is 2. The van der Waals surface area contributed by atoms with E-state index in [1.54, 1.807) is 24.3 Å². The first-order valence-corrected chi connectivity index (χ1v) is 6.93. The molecule has 0 radical (unpaired) electrons. The number of nitrogens with zero attached hydrogens (tertiary/aromatic N) is 1. The number of hydrazone groups is 1. The van der Waals surface area contributed by atoms with Gasteiger partial charge in [0.25, 0.3) is 5.91 Å². The molecule has 1 amide bonds. The van der Waals surface area contributed by atoms with Crippen LogP contribution in [0.4, 0.5) is 0 Å². The number of phenols is 1. The predicted molar refractivity (Wildman–Crippen MR) is 86.6 cm³/mol. The molecule has 0 heterocycles. The molecule has 23 heavy (non-hydrogen) atoms. The van der Waals surface area contributed by atoms with Gasteiger partial charge in [-0.1, -0.05) is 30.3 Å². The van der Waals surface area contributed by atoms with Gasteiger partial charge in [-0.15, -0.1) is 0 Å². The Bertz CT molecular complexity index is 686. The summed E-state index contributed by atoms with van der Waals surface area (Å²) in [4.78, 5) is 12.1. The van der Waals surface area contributed by atoms with E-state index in [1.807, 2.05) is 18.2 Å². The summed E-state index contributed by atoms with van der Waals surface area (Å²) in [6.07, 6.45) is 0.584. The smallest absolute Gasteiger partial charge is 0.273 e. The molecule has 2 aromatic rings. The molecule has 6 heteroatoms. The maximum absolute atomic E-state index is 12.1. The molecular weight excluding hydrogens is 296 g/mol. The molecule has 2 N–H and O–H groups in total. The maximum Gasteiger partial charge on any atom is 0.273 e. The van der Waals surface area contributed by atoms with Crippen LogP contribution in [0, 0.1) is 0 Å². The second-order valence-corrected chi connectivity index (χ2v) is 4.69. The van der Waals surface area contributed by atoms with Crippen molar-refractivity contribution >= 4 is 12.1 Å². The average molecular weight is 314 g/mol. The van der Waals surface area contributed by atoms with Gasteiger partial charge in [0.2, 0.25) is 0 Å². The molecule has 120 valence electrons. The summed E-state index contributed by atoms with van der Waals surface area (Å²) in [5, 5.41) is 13.6. The first-order chi connectivity index (χ1) is 11.2. The number of aromatic hydroxyl groups is 1. The van der Waals surface area contributed by atoms with Gasteiger partial charge in [0.05, 0.1) is 13.3 Å². The van der Waals surface area contributed by atoms with Crippen LogP contribution >= 0.6 is 0 Å². The summed E-state index contributed by atoms with van der Waals surface area (Å²) in [6, 6.07) is 13.8. The third-order valence-electron chi connectivity index (χ3n) is 3.19. The van der Waals surface area contributed by atoms with E-state index >= 15 is 0 Å². The normalized spacial score (nSPS) is 12.1. The Morgan fingerprint density at radius 3 is 2.61 bits per heavy atom. The van der Waals surface area contributed by atoms with Gasteiger partial charge in [0.1, 0.15) is 11.5 Å². The van der Waals surface area contributed by atoms with E-state index in [1.165, 1.54) is 26.5 Å². The lowest BCUT2D eigenvalue weighted by atomic mass is 10.1. The lowest BCUT2D eigenvalue weighted by molar-refractivity contribution is -0.131. The lowest BCUT2D eigenvalue weighted by Crippen LogP contribution is -2.26. The van der Waals surface area contributed by atoms with Crippen LogP contribution in [0.5, 0.6) is 11.5 Å². The van der Waals surface area contributed by atoms with Crippen LogP contribution in [0.3, 0.4) is 0 Å². The summed E-state index contributed by atoms with van der Waals surface area (Å²) in [5.74, 6) is 0.210. The standard InChI is InChI=1S/C17H18N2O4/c1-22-14-8-9-15(20)13(10-14)11-18-19-17(21)16(23-2)12-6-4-3-5-7-12/h3-11,16,20H,1-2H3,(H,19,21)/b18-11-/t16-/m1/s1. The molecule has 1 atom stereocenters. The molecule has 0 unspecified atom stereocenters. The highest BCUT2D eigenvalue weighted by Crippen LogP contribution is 2.21. The molecular formula is C17H18N2O4. The first-order valence-electron chi connectivity index (χ1n) is 6.93. The van der Waals surface area contributed by atoms with Gasteiger partial charge in [-0.25, -0.2) is 5.43 Å². The number of carbonyl (C=O) groups excluding carboxylic acids is 1. The SMILES string of the molecule is COc1ccc(O)c(/C=N\NC(=O)[C@H](OC)c2ccccc2)c1. The van der Waals surface area contributed by atoms with Crippen molar-refractivity contribution in [2.24, 2.45) is 5.10 Å². The van der Waals surface area contributed by atoms with Crippen molar-refractivity contribution in [1.29, 1.82) is 0 Å². The molecule has 0 saturated carbocycles. The number of benzene rings is 2. The zero-order valence-corrected chi connectivity index (χ0v) is 12.9. The predicted octanol–water partition coefficient (Wildman–Crippen LogP) is 2.24. The van der Waals surface area contributed by atoms with E-state index in [0.29, 0.717) is 11.3 Å². The molecule has 0 spiro atoms. The number of phenolic OH excluding ortho intramolecular Hbond substituents is 1. The van der Waals surface area contributed by atoms with Gasteiger partial charge < -0.3 is 14.6 Å². The van der Waals surface area contributed by atoms with Crippen LogP contribution in [0.2, 0.25) is 0 Å². The molecule has 0 aliphatic rings. The number of amides is 1. The highest BCUT2D eigenvalue weighted by atomic mass is 16.5. The molecule has 0 fully saturated rings. The van der Waals surface area contributed by atoms with Crippen molar-refractivity contribution in [3.05, 3.63) is 59.7 Å². The Morgan fingerprint density at radius 2 is 1.96 bits per heavy atom. The Morgan fingerprint density at radius 1 is 1.22 bits per heavy atom. The van der Waals surface area contributed by atoms with Gasteiger partial charge in [0.15, 0.2) is 6.10 Å². The summed E-state index contributed by atoms with van der Waals surface area (Å²) in [5.41, 5.74) is 3.56. The third-order valence-corrected chi connectivity index (χ3v) is 3.19. The summed E-state index contributed by atoms with van der Waals surface area (Å²) < 4.78 is 10.3. The Labute approximate surface area is 134 Å². The minimum absolute atomic E-state index is 0.0372. The van der Waals surface area contributed by atoms with Gasteiger partial charge in [-0.05, 0) is 23.8 Å². The molecule has 0 aromatic heterocycles. The summed E-state index contributed by atoms with van der Waals surface area (Å²) in [7, 11) is 2.98. The average Bonchev–Trinajstić information content (AvgIpc) is 2.58. The quantitative estimate of drug-likeness (QED) is 0.633. The summed E-state index contributed by atoms with van der Waals surface area (Å²) >= 11 is 0. The molecule has 0 saturated heterocycles. The summed E-state index contributed by atoms with van der Waals surface area (Å²) in [6.45, 7) is 0. The van der Waals surface area contributed by atoms with Crippen LogP contribution in [-0.2, 0) is 9.53 Å². The largest absolute Gasteiger partial charge is 0.507 e. The second kappa shape index (κ2) is 7.95. The number of methoxy groups -OCH3 is 2. The first kappa shape index (κ1) is 16.5. The van der Waals surface area contributed by atoms with Crippen LogP contribution in [-0.4, -0.2) is 31.4 Å². The molecule has 2 rings (SSSR count). The van der Waals surface area contributed by atoms with Crippen molar-refractivity contribution in [2.45, 2.75) is 6.10 Å². The van der Waals surface area contributed by atoms with Crippen molar-refractivity contribution in [1.82, 2.24) is 5.43 Å². The van der Waals surface area contributed by atoms with E-state index in [-0.39, 0.29) is 5.75 Å². The van der Waals surface area contributed by atoms with Crippen LogP contribution in [0.15, 0.2) is 53.6 Å². The van der Waals surface area contributed by atoms with Crippen LogP contribution in [0.25, 0.3) is 0 Å². The minimum atomic E-state index is -0.757. The van der Waals surface area contributed by atoms with Gasteiger partial charge in [-0.2, -0.15) is 5.10 Å². The van der Waals surface area contributed by atoms with Gasteiger partial charge in [-0.3, -0.25) is 4.79 Å². The van der Waals surface area contributed by atoms with E-state index in [9.17, 15) is 9.90 Å². The van der Waals surface area contributed by atoms with E-state index in [0.717, 1.165) is 5.56 Å². The Kier molecular flexibility index (Phi) is 5.71. The molecule has 6 nitrogen and oxygen atoms in total. The van der Waals surface area contributed by atoms with Crippen molar-refractivity contribution in [3.8, 4) is 11.5 Å². The van der Waals surface area contributed by atoms with E-state index in [4.69, 9.17) is 9.47 Å². The highest BCUT2D eigenvalue weighted by molar-refractivity contribution is 5.87. The van der Waals surface area contributed by atoms with E-state index in [2.05, 4.69) is 10.5 Å². The Hall–Kier alpha value is -2.86. The number of hydrogen-bond acceptors (Lipinski definition) is 5.